The van der Waals surface area contributed by atoms with Crippen molar-refractivity contribution in [2.75, 3.05) is 13.2 Å². The Labute approximate surface area is 83.6 Å². The summed E-state index contributed by atoms with van der Waals surface area (Å²) in [7, 11) is 0. The number of rotatable bonds is 4. The Bertz CT molecular complexity index is 198. The molecule has 4 N–H and O–H groups in total. The van der Waals surface area contributed by atoms with Gasteiger partial charge in [-0.05, 0) is 19.8 Å². The van der Waals surface area contributed by atoms with E-state index in [0.717, 1.165) is 6.42 Å². The lowest BCUT2D eigenvalue weighted by molar-refractivity contribution is -0.132. The molecular formula is C9H18N2O3. The van der Waals surface area contributed by atoms with Crippen molar-refractivity contribution in [1.29, 1.82) is 0 Å². The number of nitrogens with two attached hydrogens (primary N) is 1. The van der Waals surface area contributed by atoms with Gasteiger partial charge in [0.1, 0.15) is 6.10 Å². The molecule has 14 heavy (non-hydrogen) atoms. The molecule has 0 aromatic heterocycles. The third-order valence-electron chi connectivity index (χ3n) is 2.33. The molecule has 82 valence electrons. The molecule has 5 nitrogen and oxygen atoms in total. The summed E-state index contributed by atoms with van der Waals surface area (Å²) in [6.45, 7) is 2.14. The topological polar surface area (TPSA) is 84.6 Å². The normalized spacial score (nSPS) is 28.8. The van der Waals surface area contributed by atoms with Crippen LogP contribution in [0.4, 0.5) is 0 Å². The second kappa shape index (κ2) is 5.29. The fraction of sp³-hybridized carbons (Fsp3) is 0.889. The highest BCUT2D eigenvalue weighted by Gasteiger charge is 2.30. The van der Waals surface area contributed by atoms with Gasteiger partial charge in [-0.1, -0.05) is 0 Å². The maximum atomic E-state index is 11.5. The average molecular weight is 202 g/mol. The zero-order valence-corrected chi connectivity index (χ0v) is 8.40. The molecule has 1 saturated heterocycles. The van der Waals surface area contributed by atoms with Crippen LogP contribution in [-0.4, -0.2) is 42.4 Å². The van der Waals surface area contributed by atoms with Crippen molar-refractivity contribution >= 4 is 5.91 Å². The highest BCUT2D eigenvalue weighted by Crippen LogP contribution is 2.18. The Morgan fingerprint density at radius 2 is 2.43 bits per heavy atom. The number of ether oxygens (including phenoxy) is 1. The van der Waals surface area contributed by atoms with Crippen LogP contribution in [0, 0.1) is 0 Å². The summed E-state index contributed by atoms with van der Waals surface area (Å²) in [6.07, 6.45) is 1.17. The molecule has 0 bridgehead atoms. The monoisotopic (exact) mass is 202 g/mol. The van der Waals surface area contributed by atoms with Gasteiger partial charge in [-0.3, -0.25) is 4.79 Å². The highest BCUT2D eigenvalue weighted by atomic mass is 16.5. The number of nitrogens with one attached hydrogen (secondary N) is 1. The zero-order valence-electron chi connectivity index (χ0n) is 8.40. The van der Waals surface area contributed by atoms with E-state index in [0.29, 0.717) is 13.0 Å². The van der Waals surface area contributed by atoms with E-state index in [1.165, 1.54) is 0 Å². The molecule has 1 fully saturated rings. The summed E-state index contributed by atoms with van der Waals surface area (Å²) in [5, 5.41) is 11.4. The van der Waals surface area contributed by atoms with E-state index in [2.05, 4.69) is 5.32 Å². The van der Waals surface area contributed by atoms with Crippen LogP contribution in [0.2, 0.25) is 0 Å². The van der Waals surface area contributed by atoms with Crippen molar-refractivity contribution in [1.82, 2.24) is 5.32 Å². The van der Waals surface area contributed by atoms with Crippen molar-refractivity contribution in [3.63, 3.8) is 0 Å². The number of aliphatic hydroxyl groups is 1. The zero-order chi connectivity index (χ0) is 10.6. The molecule has 5 heteroatoms. The smallest absolute Gasteiger partial charge is 0.249 e. The van der Waals surface area contributed by atoms with Crippen LogP contribution in [0.1, 0.15) is 19.8 Å². The number of hydrogen-bond donors (Lipinski definition) is 3. The summed E-state index contributed by atoms with van der Waals surface area (Å²) in [5.41, 5.74) is 5.43. The lowest BCUT2D eigenvalue weighted by Gasteiger charge is -2.15. The maximum Gasteiger partial charge on any atom is 0.249 e. The third-order valence-corrected chi connectivity index (χ3v) is 2.33. The van der Waals surface area contributed by atoms with E-state index in [1.807, 2.05) is 0 Å². The van der Waals surface area contributed by atoms with Gasteiger partial charge in [0.2, 0.25) is 5.91 Å². The van der Waals surface area contributed by atoms with Crippen molar-refractivity contribution in [2.24, 2.45) is 5.73 Å². The predicted molar refractivity (Wildman–Crippen MR) is 51.6 cm³/mol. The van der Waals surface area contributed by atoms with Gasteiger partial charge in [0.15, 0.2) is 0 Å². The Balaban J connectivity index is 2.32. The minimum absolute atomic E-state index is 0.00943. The SMILES string of the molecule is CC(CO)NC(=O)C1CCC(CN)O1. The summed E-state index contributed by atoms with van der Waals surface area (Å²) in [5.74, 6) is -0.150. The van der Waals surface area contributed by atoms with Crippen molar-refractivity contribution in [3.05, 3.63) is 0 Å². The molecule has 1 amide bonds. The molecule has 1 aliphatic rings. The van der Waals surface area contributed by atoms with Crippen LogP contribution < -0.4 is 11.1 Å². The van der Waals surface area contributed by atoms with Gasteiger partial charge in [-0.2, -0.15) is 0 Å². The predicted octanol–water partition coefficient (Wildman–Crippen LogP) is -1.01. The van der Waals surface area contributed by atoms with Crippen LogP contribution in [0.15, 0.2) is 0 Å². The third kappa shape index (κ3) is 2.94. The van der Waals surface area contributed by atoms with Crippen LogP contribution in [0.3, 0.4) is 0 Å². The van der Waals surface area contributed by atoms with Gasteiger partial charge in [-0.15, -0.1) is 0 Å². The van der Waals surface area contributed by atoms with Gasteiger partial charge in [0.05, 0.1) is 12.7 Å². The van der Waals surface area contributed by atoms with Crippen LogP contribution >= 0.6 is 0 Å². The number of amides is 1. The molecule has 0 aromatic carbocycles. The standard InChI is InChI=1S/C9H18N2O3/c1-6(5-12)11-9(13)8-3-2-7(4-10)14-8/h6-8,12H,2-5,10H2,1H3,(H,11,13). The Morgan fingerprint density at radius 1 is 1.71 bits per heavy atom. The number of carbonyl (C=O) groups is 1. The van der Waals surface area contributed by atoms with Gasteiger partial charge in [0.25, 0.3) is 0 Å². The minimum Gasteiger partial charge on any atom is -0.394 e. The highest BCUT2D eigenvalue weighted by molar-refractivity contribution is 5.81. The fourth-order valence-electron chi connectivity index (χ4n) is 1.45. The van der Waals surface area contributed by atoms with E-state index >= 15 is 0 Å². The first-order valence-corrected chi connectivity index (χ1v) is 4.94. The summed E-state index contributed by atoms with van der Waals surface area (Å²) >= 11 is 0. The first-order chi connectivity index (χ1) is 6.67. The van der Waals surface area contributed by atoms with Crippen LogP contribution in [0.25, 0.3) is 0 Å². The van der Waals surface area contributed by atoms with E-state index in [-0.39, 0.29) is 24.7 Å². The molecule has 0 aliphatic carbocycles. The van der Waals surface area contributed by atoms with Crippen LogP contribution in [0.5, 0.6) is 0 Å². The van der Waals surface area contributed by atoms with Gasteiger partial charge in [-0.25, -0.2) is 0 Å². The van der Waals surface area contributed by atoms with Gasteiger partial charge < -0.3 is 20.9 Å². The number of aliphatic hydroxyl groups excluding tert-OH is 1. The molecule has 1 rings (SSSR count). The summed E-state index contributed by atoms with van der Waals surface area (Å²) in [6, 6.07) is -0.219. The molecule has 3 unspecified atom stereocenters. The Morgan fingerprint density at radius 3 is 2.93 bits per heavy atom. The average Bonchev–Trinajstić information content (AvgIpc) is 2.65. The van der Waals surface area contributed by atoms with Gasteiger partial charge >= 0.3 is 0 Å². The first-order valence-electron chi connectivity index (χ1n) is 4.94. The summed E-state index contributed by atoms with van der Waals surface area (Å²) in [4.78, 5) is 11.5. The quantitative estimate of drug-likeness (QED) is 0.545. The van der Waals surface area contributed by atoms with E-state index in [9.17, 15) is 4.79 Å². The largest absolute Gasteiger partial charge is 0.394 e. The second-order valence-corrected chi connectivity index (χ2v) is 3.65. The molecule has 1 aliphatic heterocycles. The van der Waals surface area contributed by atoms with E-state index in [1.54, 1.807) is 6.92 Å². The lowest BCUT2D eigenvalue weighted by atomic mass is 10.2. The molecule has 0 radical (unpaired) electrons. The molecule has 0 saturated carbocycles. The Kier molecular flexibility index (Phi) is 4.31. The maximum absolute atomic E-state index is 11.5. The molecular weight excluding hydrogens is 184 g/mol. The number of hydrogen-bond acceptors (Lipinski definition) is 4. The summed E-state index contributed by atoms with van der Waals surface area (Å²) < 4.78 is 5.40. The van der Waals surface area contributed by atoms with Crippen molar-refractivity contribution in [3.8, 4) is 0 Å². The van der Waals surface area contributed by atoms with Crippen molar-refractivity contribution < 1.29 is 14.6 Å². The molecule has 0 spiro atoms. The molecule has 3 atom stereocenters. The van der Waals surface area contributed by atoms with E-state index in [4.69, 9.17) is 15.6 Å². The molecule has 0 aromatic rings. The minimum atomic E-state index is -0.391. The first kappa shape index (κ1) is 11.4. The van der Waals surface area contributed by atoms with E-state index < -0.39 is 6.10 Å². The fourth-order valence-corrected chi connectivity index (χ4v) is 1.45. The van der Waals surface area contributed by atoms with Crippen molar-refractivity contribution in [2.45, 2.75) is 38.0 Å². The number of carbonyl (C=O) groups excluding carboxylic acids is 1. The molecule has 1 heterocycles. The van der Waals surface area contributed by atoms with Crippen LogP contribution in [-0.2, 0) is 9.53 Å². The lowest BCUT2D eigenvalue weighted by Crippen LogP contribution is -2.42. The Hall–Kier alpha value is -0.650. The van der Waals surface area contributed by atoms with Gasteiger partial charge in [0, 0.05) is 12.6 Å². The second-order valence-electron chi connectivity index (χ2n) is 3.65.